The molecule has 0 aliphatic rings. The Balaban J connectivity index is 2.07. The van der Waals surface area contributed by atoms with Gasteiger partial charge in [-0.15, -0.1) is 0 Å². The molecule has 1 amide bonds. The smallest absolute Gasteiger partial charge is 0.335 e. The number of amides is 1. The summed E-state index contributed by atoms with van der Waals surface area (Å²) in [6, 6.07) is 2.84. The van der Waals surface area contributed by atoms with E-state index in [4.69, 9.17) is 5.11 Å². The van der Waals surface area contributed by atoms with Gasteiger partial charge in [-0.2, -0.15) is 5.10 Å². The van der Waals surface area contributed by atoms with E-state index in [1.807, 2.05) is 6.92 Å². The van der Waals surface area contributed by atoms with Crippen LogP contribution in [-0.2, 0) is 20.0 Å². The number of aryl methyl sites for hydroxylation is 2. The summed E-state index contributed by atoms with van der Waals surface area (Å²) in [5, 5.41) is 15.8. The van der Waals surface area contributed by atoms with Crippen LogP contribution in [0.25, 0.3) is 0 Å². The number of hydrogen-bond donors (Lipinski definition) is 2. The number of rotatable bonds is 5. The summed E-state index contributed by atoms with van der Waals surface area (Å²) in [6.07, 6.45) is 3.73. The highest BCUT2D eigenvalue weighted by Crippen LogP contribution is 2.08. The normalized spacial score (nSPS) is 10.4. The van der Waals surface area contributed by atoms with Crippen molar-refractivity contribution < 1.29 is 14.7 Å². The number of carbonyl (C=O) groups excluding carboxylic acids is 1. The molecule has 2 heterocycles. The number of nitrogens with one attached hydrogen (secondary N) is 1. The van der Waals surface area contributed by atoms with Gasteiger partial charge in [-0.1, -0.05) is 6.92 Å². The third-order valence-electron chi connectivity index (χ3n) is 2.98. The molecule has 0 atom stereocenters. The Morgan fingerprint density at radius 3 is 2.86 bits per heavy atom. The summed E-state index contributed by atoms with van der Waals surface area (Å²) >= 11 is 0. The number of aromatic carboxylic acids is 1. The molecule has 0 saturated carbocycles. The maximum Gasteiger partial charge on any atom is 0.335 e. The first-order valence-corrected chi connectivity index (χ1v) is 6.50. The minimum atomic E-state index is -1.02. The Kier molecular flexibility index (Phi) is 4.32. The zero-order chi connectivity index (χ0) is 15.4. The van der Waals surface area contributed by atoms with E-state index in [0.717, 1.165) is 5.69 Å². The fourth-order valence-corrected chi connectivity index (χ4v) is 1.96. The Labute approximate surface area is 121 Å². The SMILES string of the molecule is CCc1nn(C)cc1C(=O)NCc1cc(C(=O)O)ccn1. The number of nitrogens with zero attached hydrogens (tertiary/aromatic N) is 3. The summed E-state index contributed by atoms with van der Waals surface area (Å²) in [4.78, 5) is 27.0. The van der Waals surface area contributed by atoms with Gasteiger partial charge in [0.25, 0.3) is 5.91 Å². The molecule has 0 fully saturated rings. The van der Waals surface area contributed by atoms with Crippen LogP contribution in [0.5, 0.6) is 0 Å². The summed E-state index contributed by atoms with van der Waals surface area (Å²) in [6.45, 7) is 2.09. The average molecular weight is 288 g/mol. The van der Waals surface area contributed by atoms with Gasteiger partial charge in [0.15, 0.2) is 0 Å². The highest BCUT2D eigenvalue weighted by Gasteiger charge is 2.14. The molecular formula is C14H16N4O3. The van der Waals surface area contributed by atoms with Crippen molar-refractivity contribution in [1.82, 2.24) is 20.1 Å². The van der Waals surface area contributed by atoms with E-state index in [9.17, 15) is 9.59 Å². The van der Waals surface area contributed by atoms with Gasteiger partial charge < -0.3 is 10.4 Å². The van der Waals surface area contributed by atoms with Crippen LogP contribution in [0.15, 0.2) is 24.5 Å². The van der Waals surface area contributed by atoms with Crippen molar-refractivity contribution in [2.75, 3.05) is 0 Å². The fraction of sp³-hybridized carbons (Fsp3) is 0.286. The average Bonchev–Trinajstić information content (AvgIpc) is 2.86. The summed E-state index contributed by atoms with van der Waals surface area (Å²) in [5.41, 5.74) is 1.88. The Morgan fingerprint density at radius 2 is 2.19 bits per heavy atom. The van der Waals surface area contributed by atoms with Crippen LogP contribution in [0.4, 0.5) is 0 Å². The standard InChI is InChI=1S/C14H16N4O3/c1-3-12-11(8-18(2)17-12)13(19)16-7-10-6-9(14(20)21)4-5-15-10/h4-6,8H,3,7H2,1-2H3,(H,16,19)(H,20,21). The van der Waals surface area contributed by atoms with Crippen molar-refractivity contribution in [3.05, 3.63) is 47.0 Å². The molecule has 2 rings (SSSR count). The number of carbonyl (C=O) groups is 2. The lowest BCUT2D eigenvalue weighted by molar-refractivity contribution is 0.0696. The molecule has 21 heavy (non-hydrogen) atoms. The molecule has 2 aromatic rings. The van der Waals surface area contributed by atoms with E-state index >= 15 is 0 Å². The van der Waals surface area contributed by atoms with Gasteiger partial charge in [0.2, 0.25) is 0 Å². The molecule has 2 N–H and O–H groups in total. The lowest BCUT2D eigenvalue weighted by Gasteiger charge is -2.05. The molecule has 7 heteroatoms. The first-order chi connectivity index (χ1) is 10.0. The maximum atomic E-state index is 12.1. The van der Waals surface area contributed by atoms with Crippen molar-refractivity contribution >= 4 is 11.9 Å². The second-order valence-electron chi connectivity index (χ2n) is 4.54. The third kappa shape index (κ3) is 3.44. The maximum absolute atomic E-state index is 12.1. The van der Waals surface area contributed by atoms with Crippen LogP contribution >= 0.6 is 0 Å². The van der Waals surface area contributed by atoms with Gasteiger partial charge in [-0.25, -0.2) is 4.79 Å². The van der Waals surface area contributed by atoms with Crippen molar-refractivity contribution in [3.8, 4) is 0 Å². The monoisotopic (exact) mass is 288 g/mol. The van der Waals surface area contributed by atoms with Crippen LogP contribution in [0.1, 0.15) is 39.0 Å². The van der Waals surface area contributed by atoms with Crippen LogP contribution in [-0.4, -0.2) is 31.7 Å². The summed E-state index contributed by atoms with van der Waals surface area (Å²) in [7, 11) is 1.76. The Bertz CT molecular complexity index is 679. The molecular weight excluding hydrogens is 272 g/mol. The van der Waals surface area contributed by atoms with Crippen molar-refractivity contribution in [2.24, 2.45) is 7.05 Å². The van der Waals surface area contributed by atoms with Crippen LogP contribution in [0.3, 0.4) is 0 Å². The van der Waals surface area contributed by atoms with E-state index < -0.39 is 5.97 Å². The largest absolute Gasteiger partial charge is 0.478 e. The molecule has 7 nitrogen and oxygen atoms in total. The zero-order valence-electron chi connectivity index (χ0n) is 11.8. The van der Waals surface area contributed by atoms with Crippen molar-refractivity contribution in [2.45, 2.75) is 19.9 Å². The van der Waals surface area contributed by atoms with E-state index in [0.29, 0.717) is 17.7 Å². The van der Waals surface area contributed by atoms with Gasteiger partial charge in [-0.3, -0.25) is 14.5 Å². The quantitative estimate of drug-likeness (QED) is 0.855. The molecule has 0 spiro atoms. The molecule has 0 aliphatic carbocycles. The fourth-order valence-electron chi connectivity index (χ4n) is 1.96. The highest BCUT2D eigenvalue weighted by molar-refractivity contribution is 5.95. The molecule has 0 bridgehead atoms. The Morgan fingerprint density at radius 1 is 1.43 bits per heavy atom. The first-order valence-electron chi connectivity index (χ1n) is 6.50. The first kappa shape index (κ1) is 14.7. The third-order valence-corrected chi connectivity index (χ3v) is 2.98. The predicted molar refractivity (Wildman–Crippen MR) is 75.0 cm³/mol. The molecule has 0 saturated heterocycles. The van der Waals surface area contributed by atoms with Gasteiger partial charge >= 0.3 is 5.97 Å². The number of hydrogen-bond acceptors (Lipinski definition) is 4. The predicted octanol–water partition coefficient (Wildman–Crippen LogP) is 1.01. The van der Waals surface area contributed by atoms with Gasteiger partial charge in [-0.05, 0) is 18.6 Å². The van der Waals surface area contributed by atoms with Gasteiger partial charge in [0.05, 0.1) is 29.1 Å². The second kappa shape index (κ2) is 6.17. The van der Waals surface area contributed by atoms with E-state index in [2.05, 4.69) is 15.4 Å². The summed E-state index contributed by atoms with van der Waals surface area (Å²) < 4.78 is 1.59. The topological polar surface area (TPSA) is 97.1 Å². The van der Waals surface area contributed by atoms with Crippen molar-refractivity contribution in [1.29, 1.82) is 0 Å². The number of carboxylic acid groups (broad SMARTS) is 1. The van der Waals surface area contributed by atoms with E-state index in [1.54, 1.807) is 17.9 Å². The zero-order valence-corrected chi connectivity index (χ0v) is 11.8. The number of carboxylic acids is 1. The lowest BCUT2D eigenvalue weighted by atomic mass is 10.2. The molecule has 0 radical (unpaired) electrons. The molecule has 2 aromatic heterocycles. The van der Waals surface area contributed by atoms with Crippen molar-refractivity contribution in [3.63, 3.8) is 0 Å². The van der Waals surface area contributed by atoms with E-state index in [1.165, 1.54) is 18.3 Å². The number of pyridine rings is 1. The van der Waals surface area contributed by atoms with Gasteiger partial charge in [0.1, 0.15) is 0 Å². The van der Waals surface area contributed by atoms with Crippen LogP contribution < -0.4 is 5.32 Å². The molecule has 110 valence electrons. The van der Waals surface area contributed by atoms with Crippen LogP contribution in [0, 0.1) is 0 Å². The molecule has 0 unspecified atom stereocenters. The van der Waals surface area contributed by atoms with Crippen LogP contribution in [0.2, 0.25) is 0 Å². The summed E-state index contributed by atoms with van der Waals surface area (Å²) in [5.74, 6) is -1.27. The van der Waals surface area contributed by atoms with Gasteiger partial charge in [0, 0.05) is 19.4 Å². The number of aromatic nitrogens is 3. The highest BCUT2D eigenvalue weighted by atomic mass is 16.4. The Hall–Kier alpha value is -2.70. The van der Waals surface area contributed by atoms with E-state index in [-0.39, 0.29) is 18.0 Å². The molecule has 0 aliphatic heterocycles. The lowest BCUT2D eigenvalue weighted by Crippen LogP contribution is -2.24. The minimum Gasteiger partial charge on any atom is -0.478 e. The molecule has 0 aromatic carbocycles. The minimum absolute atomic E-state index is 0.143. The second-order valence-corrected chi connectivity index (χ2v) is 4.54.